The van der Waals surface area contributed by atoms with Gasteiger partial charge in [0.05, 0.1) is 10.6 Å². The summed E-state index contributed by atoms with van der Waals surface area (Å²) in [7, 11) is -3.32. The molecule has 3 aromatic carbocycles. The Hall–Kier alpha value is -2.22. The van der Waals surface area contributed by atoms with Crippen molar-refractivity contribution in [3.63, 3.8) is 0 Å². The van der Waals surface area contributed by atoms with Gasteiger partial charge in [0.25, 0.3) is 5.91 Å². The topological polar surface area (TPSA) is 57.7 Å². The van der Waals surface area contributed by atoms with Crippen LogP contribution in [0.3, 0.4) is 0 Å². The SMILES string of the molecule is O=C(c1cccc2ccccc12)N1CCN(CCS(=O)(=O)c2ccc(Br)cc2)CC1. The van der Waals surface area contributed by atoms with Gasteiger partial charge in [-0.1, -0.05) is 52.3 Å². The van der Waals surface area contributed by atoms with Gasteiger partial charge >= 0.3 is 0 Å². The Kier molecular flexibility index (Phi) is 6.22. The Bertz CT molecular complexity index is 1150. The molecule has 0 aromatic heterocycles. The van der Waals surface area contributed by atoms with Crippen LogP contribution in [-0.2, 0) is 9.84 Å². The van der Waals surface area contributed by atoms with E-state index >= 15 is 0 Å². The van der Waals surface area contributed by atoms with Gasteiger partial charge in [0.1, 0.15) is 0 Å². The third-order valence-electron chi connectivity index (χ3n) is 5.53. The average Bonchev–Trinajstić information content (AvgIpc) is 2.77. The molecule has 0 aliphatic carbocycles. The molecular weight excluding hydrogens is 464 g/mol. The number of halogens is 1. The summed E-state index contributed by atoms with van der Waals surface area (Å²) in [6, 6.07) is 20.4. The van der Waals surface area contributed by atoms with Gasteiger partial charge in [-0.25, -0.2) is 8.42 Å². The molecule has 0 N–H and O–H groups in total. The largest absolute Gasteiger partial charge is 0.336 e. The Morgan fingerprint density at radius 3 is 2.27 bits per heavy atom. The van der Waals surface area contributed by atoms with Gasteiger partial charge in [-0.15, -0.1) is 0 Å². The maximum atomic E-state index is 13.1. The predicted molar refractivity (Wildman–Crippen MR) is 122 cm³/mol. The molecule has 0 radical (unpaired) electrons. The zero-order chi connectivity index (χ0) is 21.1. The predicted octanol–water partition coefficient (Wildman–Crippen LogP) is 3.83. The number of nitrogens with zero attached hydrogens (tertiary/aromatic N) is 2. The number of piperazine rings is 1. The van der Waals surface area contributed by atoms with Crippen LogP contribution in [0.15, 0.2) is 76.1 Å². The maximum absolute atomic E-state index is 13.1. The second kappa shape index (κ2) is 8.88. The Morgan fingerprint density at radius 1 is 0.867 bits per heavy atom. The summed E-state index contributed by atoms with van der Waals surface area (Å²) in [6.45, 7) is 3.01. The number of sulfone groups is 1. The van der Waals surface area contributed by atoms with E-state index in [0.29, 0.717) is 37.6 Å². The lowest BCUT2D eigenvalue weighted by Crippen LogP contribution is -2.49. The highest BCUT2D eigenvalue weighted by Gasteiger charge is 2.24. The second-order valence-electron chi connectivity index (χ2n) is 7.43. The minimum absolute atomic E-state index is 0.0361. The van der Waals surface area contributed by atoms with Crippen molar-refractivity contribution < 1.29 is 13.2 Å². The van der Waals surface area contributed by atoms with Crippen molar-refractivity contribution in [3.05, 3.63) is 76.8 Å². The maximum Gasteiger partial charge on any atom is 0.254 e. The van der Waals surface area contributed by atoms with Crippen LogP contribution < -0.4 is 0 Å². The standard InChI is InChI=1S/C23H23BrN2O3S/c24-19-8-10-20(11-9-19)30(28,29)17-16-25-12-14-26(15-13-25)23(27)22-7-3-5-18-4-1-2-6-21(18)22/h1-11H,12-17H2. The molecule has 1 amide bonds. The number of carbonyl (C=O) groups is 1. The summed E-state index contributed by atoms with van der Waals surface area (Å²) in [4.78, 5) is 17.4. The molecule has 1 aliphatic rings. The van der Waals surface area contributed by atoms with Crippen LogP contribution in [0.25, 0.3) is 10.8 Å². The van der Waals surface area contributed by atoms with Gasteiger partial charge < -0.3 is 4.90 Å². The summed E-state index contributed by atoms with van der Waals surface area (Å²) in [5.74, 6) is 0.111. The lowest BCUT2D eigenvalue weighted by atomic mass is 10.0. The number of fused-ring (bicyclic) bond motifs is 1. The third kappa shape index (κ3) is 4.58. The van der Waals surface area contributed by atoms with E-state index in [1.165, 1.54) is 0 Å². The minimum Gasteiger partial charge on any atom is -0.336 e. The molecule has 0 saturated carbocycles. The summed E-state index contributed by atoms with van der Waals surface area (Å²) in [6.07, 6.45) is 0. The molecule has 0 spiro atoms. The van der Waals surface area contributed by atoms with Crippen molar-refractivity contribution in [2.24, 2.45) is 0 Å². The molecule has 1 saturated heterocycles. The number of carbonyl (C=O) groups excluding carboxylic acids is 1. The number of hydrogen-bond donors (Lipinski definition) is 0. The van der Waals surface area contributed by atoms with E-state index in [1.807, 2.05) is 47.4 Å². The molecule has 0 unspecified atom stereocenters. The van der Waals surface area contributed by atoms with Crippen molar-refractivity contribution in [2.45, 2.75) is 4.90 Å². The lowest BCUT2D eigenvalue weighted by molar-refractivity contribution is 0.0646. The first-order valence-corrected chi connectivity index (χ1v) is 12.4. The van der Waals surface area contributed by atoms with Crippen LogP contribution in [0, 0.1) is 0 Å². The molecule has 1 aliphatic heterocycles. The van der Waals surface area contributed by atoms with E-state index in [1.54, 1.807) is 24.3 Å². The van der Waals surface area contributed by atoms with E-state index in [2.05, 4.69) is 20.8 Å². The molecule has 1 heterocycles. The zero-order valence-electron chi connectivity index (χ0n) is 16.5. The van der Waals surface area contributed by atoms with Crippen molar-refractivity contribution >= 4 is 42.4 Å². The third-order valence-corrected chi connectivity index (χ3v) is 7.77. The quantitative estimate of drug-likeness (QED) is 0.549. The number of benzene rings is 3. The van der Waals surface area contributed by atoms with E-state index < -0.39 is 9.84 Å². The molecule has 3 aromatic rings. The van der Waals surface area contributed by atoms with Crippen LogP contribution >= 0.6 is 15.9 Å². The first kappa shape index (κ1) is 21.0. The van der Waals surface area contributed by atoms with Gasteiger partial charge in [0.2, 0.25) is 0 Å². The van der Waals surface area contributed by atoms with Crippen molar-refractivity contribution in [3.8, 4) is 0 Å². The highest BCUT2D eigenvalue weighted by atomic mass is 79.9. The van der Waals surface area contributed by atoms with Crippen molar-refractivity contribution in [2.75, 3.05) is 38.5 Å². The van der Waals surface area contributed by atoms with Gasteiger partial charge in [0.15, 0.2) is 9.84 Å². The van der Waals surface area contributed by atoms with Gasteiger partial charge in [-0.2, -0.15) is 0 Å². The molecule has 5 nitrogen and oxygen atoms in total. The van der Waals surface area contributed by atoms with E-state index in [0.717, 1.165) is 20.8 Å². The molecule has 7 heteroatoms. The average molecular weight is 487 g/mol. The van der Waals surface area contributed by atoms with Crippen LogP contribution in [0.4, 0.5) is 0 Å². The fraction of sp³-hybridized carbons (Fsp3) is 0.261. The van der Waals surface area contributed by atoms with Crippen molar-refractivity contribution in [1.82, 2.24) is 9.80 Å². The van der Waals surface area contributed by atoms with Crippen LogP contribution in [0.1, 0.15) is 10.4 Å². The van der Waals surface area contributed by atoms with Gasteiger partial charge in [0, 0.05) is 42.8 Å². The fourth-order valence-corrected chi connectivity index (χ4v) is 5.32. The molecule has 4 rings (SSSR count). The summed E-state index contributed by atoms with van der Waals surface area (Å²) < 4.78 is 26.0. The lowest BCUT2D eigenvalue weighted by Gasteiger charge is -2.34. The second-order valence-corrected chi connectivity index (χ2v) is 10.5. The first-order valence-electron chi connectivity index (χ1n) is 9.92. The molecule has 0 bridgehead atoms. The van der Waals surface area contributed by atoms with Crippen LogP contribution in [0.5, 0.6) is 0 Å². The highest BCUT2D eigenvalue weighted by Crippen LogP contribution is 2.21. The minimum atomic E-state index is -3.32. The normalized spacial score (nSPS) is 15.4. The van der Waals surface area contributed by atoms with Crippen LogP contribution in [-0.4, -0.2) is 62.6 Å². The molecular formula is C23H23BrN2O3S. The zero-order valence-corrected chi connectivity index (χ0v) is 18.9. The molecule has 156 valence electrons. The van der Waals surface area contributed by atoms with E-state index in [9.17, 15) is 13.2 Å². The Balaban J connectivity index is 1.36. The smallest absolute Gasteiger partial charge is 0.254 e. The molecule has 0 atom stereocenters. The molecule has 1 fully saturated rings. The fourth-order valence-electron chi connectivity index (χ4n) is 3.77. The van der Waals surface area contributed by atoms with Gasteiger partial charge in [-0.3, -0.25) is 9.69 Å². The Morgan fingerprint density at radius 2 is 1.53 bits per heavy atom. The Labute approximate surface area is 185 Å². The number of hydrogen-bond acceptors (Lipinski definition) is 4. The molecule has 30 heavy (non-hydrogen) atoms. The first-order chi connectivity index (χ1) is 14.4. The van der Waals surface area contributed by atoms with Crippen molar-refractivity contribution in [1.29, 1.82) is 0 Å². The monoisotopic (exact) mass is 486 g/mol. The summed E-state index contributed by atoms with van der Waals surface area (Å²) in [5.41, 5.74) is 0.722. The van der Waals surface area contributed by atoms with E-state index in [4.69, 9.17) is 0 Å². The van der Waals surface area contributed by atoms with E-state index in [-0.39, 0.29) is 11.7 Å². The summed E-state index contributed by atoms with van der Waals surface area (Å²) in [5, 5.41) is 2.02. The van der Waals surface area contributed by atoms with Gasteiger partial charge in [-0.05, 0) is 41.1 Å². The number of rotatable bonds is 5. The highest BCUT2D eigenvalue weighted by molar-refractivity contribution is 9.10. The van der Waals surface area contributed by atoms with Crippen LogP contribution in [0.2, 0.25) is 0 Å². The number of amides is 1. The summed E-state index contributed by atoms with van der Waals surface area (Å²) >= 11 is 3.33.